The number of carbonyl (C=O) groups is 1. The number of nitrogens with zero attached hydrogens (tertiary/aromatic N) is 1. The number of sulfonamides is 1. The van der Waals surface area contributed by atoms with Crippen LogP contribution in [0.15, 0.2) is 29.2 Å². The van der Waals surface area contributed by atoms with E-state index in [0.717, 1.165) is 5.52 Å². The number of benzene rings is 1. The van der Waals surface area contributed by atoms with Crippen LogP contribution >= 0.6 is 0 Å². The van der Waals surface area contributed by atoms with Gasteiger partial charge in [0.2, 0.25) is 10.0 Å². The Labute approximate surface area is 133 Å². The van der Waals surface area contributed by atoms with Crippen LogP contribution in [-0.2, 0) is 26.6 Å². The molecule has 1 aliphatic heterocycles. The van der Waals surface area contributed by atoms with E-state index in [1.54, 1.807) is 30.7 Å². The molecule has 3 rings (SSSR count). The lowest BCUT2D eigenvalue weighted by Gasteiger charge is -2.23. The number of rotatable bonds is 4. The van der Waals surface area contributed by atoms with Gasteiger partial charge in [0.1, 0.15) is 4.90 Å². The molecule has 8 heteroatoms. The van der Waals surface area contributed by atoms with Crippen LogP contribution in [0.25, 0.3) is 10.9 Å². The van der Waals surface area contributed by atoms with Gasteiger partial charge in [0.25, 0.3) is 0 Å². The van der Waals surface area contributed by atoms with E-state index >= 15 is 0 Å². The third-order valence-corrected chi connectivity index (χ3v) is 6.08. The minimum atomic E-state index is -4.02. The second-order valence-electron chi connectivity index (χ2n) is 5.79. The molecule has 2 heterocycles. The largest absolute Gasteiger partial charge is 0.480 e. The van der Waals surface area contributed by atoms with E-state index in [1.165, 1.54) is 0 Å². The summed E-state index contributed by atoms with van der Waals surface area (Å²) in [7, 11) is -2.24. The van der Waals surface area contributed by atoms with Gasteiger partial charge < -0.3 is 14.4 Å². The zero-order chi connectivity index (χ0) is 16.8. The van der Waals surface area contributed by atoms with Crippen LogP contribution in [0, 0.1) is 6.92 Å². The fraction of sp³-hybridized carbons (Fsp3) is 0.400. The number of carboxylic acids is 1. The molecular formula is C15H18N2O5S. The zero-order valence-electron chi connectivity index (χ0n) is 12.9. The van der Waals surface area contributed by atoms with Crippen LogP contribution in [0.2, 0.25) is 0 Å². The Balaban J connectivity index is 2.14. The molecule has 1 aliphatic rings. The third-order valence-electron chi connectivity index (χ3n) is 4.37. The maximum absolute atomic E-state index is 12.9. The topological polar surface area (TPSA) is 97.6 Å². The maximum atomic E-state index is 12.9. The van der Waals surface area contributed by atoms with E-state index in [2.05, 4.69) is 4.72 Å². The quantitative estimate of drug-likeness (QED) is 0.867. The van der Waals surface area contributed by atoms with Crippen molar-refractivity contribution in [3.05, 3.63) is 30.0 Å². The SMILES string of the molecule is Cc1c(S(=O)(=O)NC2(C(=O)O)CCOC2)c2ccccc2n1C. The van der Waals surface area contributed by atoms with E-state index in [9.17, 15) is 18.3 Å². The molecule has 1 fully saturated rings. The average Bonchev–Trinajstić information content (AvgIpc) is 3.04. The van der Waals surface area contributed by atoms with E-state index in [-0.39, 0.29) is 24.5 Å². The van der Waals surface area contributed by atoms with Crippen LogP contribution < -0.4 is 4.72 Å². The summed E-state index contributed by atoms with van der Waals surface area (Å²) in [4.78, 5) is 11.7. The lowest BCUT2D eigenvalue weighted by molar-refractivity contribution is -0.144. The lowest BCUT2D eigenvalue weighted by atomic mass is 10.0. The highest BCUT2D eigenvalue weighted by Crippen LogP contribution is 2.31. The first-order valence-corrected chi connectivity index (χ1v) is 8.66. The molecule has 0 spiro atoms. The fourth-order valence-electron chi connectivity index (χ4n) is 2.99. The van der Waals surface area contributed by atoms with Crippen molar-refractivity contribution in [3.8, 4) is 0 Å². The molecule has 1 saturated heterocycles. The predicted molar refractivity (Wildman–Crippen MR) is 83.8 cm³/mol. The van der Waals surface area contributed by atoms with Gasteiger partial charge in [-0.1, -0.05) is 18.2 Å². The molecule has 23 heavy (non-hydrogen) atoms. The van der Waals surface area contributed by atoms with Gasteiger partial charge in [0.05, 0.1) is 6.61 Å². The summed E-state index contributed by atoms with van der Waals surface area (Å²) in [6, 6.07) is 7.13. The number of hydrogen-bond donors (Lipinski definition) is 2. The van der Waals surface area contributed by atoms with Crippen molar-refractivity contribution in [2.24, 2.45) is 7.05 Å². The highest BCUT2D eigenvalue weighted by atomic mass is 32.2. The van der Waals surface area contributed by atoms with Crippen molar-refractivity contribution >= 4 is 26.9 Å². The molecule has 0 aliphatic carbocycles. The third kappa shape index (κ3) is 2.43. The molecule has 7 nitrogen and oxygen atoms in total. The smallest absolute Gasteiger partial charge is 0.327 e. The van der Waals surface area contributed by atoms with Crippen LogP contribution in [0.1, 0.15) is 12.1 Å². The van der Waals surface area contributed by atoms with E-state index in [1.807, 2.05) is 12.1 Å². The zero-order valence-corrected chi connectivity index (χ0v) is 13.7. The molecule has 2 N–H and O–H groups in total. The van der Waals surface area contributed by atoms with Crippen molar-refractivity contribution < 1.29 is 23.1 Å². The van der Waals surface area contributed by atoms with Gasteiger partial charge in [-0.25, -0.2) is 8.42 Å². The number of hydrogen-bond acceptors (Lipinski definition) is 4. The van der Waals surface area contributed by atoms with E-state index < -0.39 is 21.5 Å². The van der Waals surface area contributed by atoms with Gasteiger partial charge in [-0.2, -0.15) is 4.72 Å². The fourth-order valence-corrected chi connectivity index (χ4v) is 4.84. The molecule has 124 valence electrons. The Kier molecular flexibility index (Phi) is 3.70. The summed E-state index contributed by atoms with van der Waals surface area (Å²) < 4.78 is 35.1. The molecule has 0 saturated carbocycles. The van der Waals surface area contributed by atoms with E-state index in [4.69, 9.17) is 4.74 Å². The van der Waals surface area contributed by atoms with Crippen molar-refractivity contribution in [1.82, 2.24) is 9.29 Å². The minimum Gasteiger partial charge on any atom is -0.480 e. The predicted octanol–water partition coefficient (Wildman–Crippen LogP) is 1.01. The summed E-state index contributed by atoms with van der Waals surface area (Å²) >= 11 is 0. The van der Waals surface area contributed by atoms with Crippen molar-refractivity contribution in [3.63, 3.8) is 0 Å². The Morgan fingerprint density at radius 2 is 2.09 bits per heavy atom. The number of fused-ring (bicyclic) bond motifs is 1. The summed E-state index contributed by atoms with van der Waals surface area (Å²) in [6.07, 6.45) is 0.103. The highest BCUT2D eigenvalue weighted by Gasteiger charge is 2.46. The second-order valence-corrected chi connectivity index (χ2v) is 7.41. The van der Waals surface area contributed by atoms with Gasteiger partial charge >= 0.3 is 5.97 Å². The molecule has 1 unspecified atom stereocenters. The number of aromatic nitrogens is 1. The molecule has 0 radical (unpaired) electrons. The van der Waals surface area contributed by atoms with Crippen LogP contribution in [-0.4, -0.2) is 42.8 Å². The monoisotopic (exact) mass is 338 g/mol. The normalized spacial score (nSPS) is 21.8. The van der Waals surface area contributed by atoms with Gasteiger partial charge in [-0.15, -0.1) is 0 Å². The molecule has 0 bridgehead atoms. The molecule has 1 atom stereocenters. The standard InChI is InChI=1S/C15H18N2O5S/c1-10-13(11-5-3-4-6-12(11)17(10)2)23(20,21)16-15(14(18)19)7-8-22-9-15/h3-6,16H,7-9H2,1-2H3,(H,18,19). The summed E-state index contributed by atoms with van der Waals surface area (Å²) in [6.45, 7) is 1.74. The van der Waals surface area contributed by atoms with Crippen molar-refractivity contribution in [1.29, 1.82) is 0 Å². The van der Waals surface area contributed by atoms with Crippen molar-refractivity contribution in [2.45, 2.75) is 23.8 Å². The molecule has 1 aromatic heterocycles. The van der Waals surface area contributed by atoms with Crippen LogP contribution in [0.3, 0.4) is 0 Å². The summed E-state index contributed by atoms with van der Waals surface area (Å²) in [5.41, 5.74) is -0.280. The minimum absolute atomic E-state index is 0.103. The number of aliphatic carboxylic acids is 1. The first kappa shape index (κ1) is 16.0. The van der Waals surface area contributed by atoms with Crippen molar-refractivity contribution in [2.75, 3.05) is 13.2 Å². The Morgan fingerprint density at radius 3 is 2.70 bits per heavy atom. The molecule has 1 aromatic carbocycles. The number of aryl methyl sites for hydroxylation is 1. The summed E-state index contributed by atoms with van der Waals surface area (Å²) in [5, 5.41) is 10.0. The Morgan fingerprint density at radius 1 is 1.39 bits per heavy atom. The number of para-hydroxylation sites is 1. The molecule has 0 amide bonds. The first-order chi connectivity index (χ1) is 10.8. The number of nitrogens with one attached hydrogen (secondary N) is 1. The van der Waals surface area contributed by atoms with Crippen LogP contribution in [0.4, 0.5) is 0 Å². The van der Waals surface area contributed by atoms with Gasteiger partial charge in [0.15, 0.2) is 5.54 Å². The maximum Gasteiger partial charge on any atom is 0.327 e. The molecular weight excluding hydrogens is 320 g/mol. The van der Waals surface area contributed by atoms with Gasteiger partial charge in [0, 0.05) is 36.7 Å². The highest BCUT2D eigenvalue weighted by molar-refractivity contribution is 7.89. The van der Waals surface area contributed by atoms with E-state index in [0.29, 0.717) is 11.1 Å². The Bertz CT molecular complexity index is 879. The molecule has 2 aromatic rings. The number of ether oxygens (including phenoxy) is 1. The first-order valence-electron chi connectivity index (χ1n) is 7.18. The van der Waals surface area contributed by atoms with Gasteiger partial charge in [-0.3, -0.25) is 4.79 Å². The number of carboxylic acid groups (broad SMARTS) is 1. The van der Waals surface area contributed by atoms with Crippen LogP contribution in [0.5, 0.6) is 0 Å². The Hall–Kier alpha value is -1.90. The second kappa shape index (κ2) is 5.33. The average molecular weight is 338 g/mol. The lowest BCUT2D eigenvalue weighted by Crippen LogP contribution is -2.55. The van der Waals surface area contributed by atoms with Gasteiger partial charge in [-0.05, 0) is 13.0 Å². The summed E-state index contributed by atoms with van der Waals surface area (Å²) in [5.74, 6) is -1.23.